The highest BCUT2D eigenvalue weighted by atomic mass is 19.1. The normalized spacial score (nSPS) is 10.1. The molecule has 0 aliphatic heterocycles. The molecule has 0 atom stereocenters. The highest BCUT2D eigenvalue weighted by Crippen LogP contribution is 2.17. The van der Waals surface area contributed by atoms with Crippen molar-refractivity contribution >= 4 is 5.82 Å². The Morgan fingerprint density at radius 2 is 2.07 bits per heavy atom. The lowest BCUT2D eigenvalue weighted by Gasteiger charge is -2.00. The van der Waals surface area contributed by atoms with Crippen LogP contribution < -0.4 is 5.73 Å². The Labute approximate surface area is 80.4 Å². The van der Waals surface area contributed by atoms with Gasteiger partial charge >= 0.3 is 0 Å². The molecule has 14 heavy (non-hydrogen) atoms. The van der Waals surface area contributed by atoms with Gasteiger partial charge in [0.25, 0.3) is 0 Å². The van der Waals surface area contributed by atoms with Crippen molar-refractivity contribution in [2.75, 3.05) is 5.73 Å². The SMILES string of the molecule is Nc1cccc(-c2cncc(F)c2)n1. The lowest BCUT2D eigenvalue weighted by molar-refractivity contribution is 0.622. The fourth-order valence-corrected chi connectivity index (χ4v) is 1.16. The van der Waals surface area contributed by atoms with Gasteiger partial charge in [0.05, 0.1) is 11.9 Å². The molecular weight excluding hydrogens is 181 g/mol. The number of nitrogen functional groups attached to an aromatic ring is 1. The maximum Gasteiger partial charge on any atom is 0.142 e. The summed E-state index contributed by atoms with van der Waals surface area (Å²) >= 11 is 0. The van der Waals surface area contributed by atoms with E-state index in [4.69, 9.17) is 5.73 Å². The van der Waals surface area contributed by atoms with E-state index in [9.17, 15) is 4.39 Å². The van der Waals surface area contributed by atoms with Crippen LogP contribution in [0, 0.1) is 5.82 Å². The summed E-state index contributed by atoms with van der Waals surface area (Å²) in [6.07, 6.45) is 2.70. The second kappa shape index (κ2) is 3.41. The van der Waals surface area contributed by atoms with Gasteiger partial charge in [0.1, 0.15) is 11.6 Å². The molecule has 2 aromatic rings. The molecule has 0 aliphatic rings. The number of rotatable bonds is 1. The molecule has 0 amide bonds. The van der Waals surface area contributed by atoms with E-state index in [1.807, 2.05) is 0 Å². The van der Waals surface area contributed by atoms with Crippen molar-refractivity contribution < 1.29 is 4.39 Å². The van der Waals surface area contributed by atoms with Crippen molar-refractivity contribution in [1.82, 2.24) is 9.97 Å². The third-order valence-corrected chi connectivity index (χ3v) is 1.77. The van der Waals surface area contributed by atoms with Gasteiger partial charge in [-0.2, -0.15) is 0 Å². The van der Waals surface area contributed by atoms with E-state index < -0.39 is 0 Å². The molecule has 0 aromatic carbocycles. The molecule has 0 spiro atoms. The van der Waals surface area contributed by atoms with Gasteiger partial charge < -0.3 is 5.73 Å². The van der Waals surface area contributed by atoms with Crippen LogP contribution in [0.25, 0.3) is 11.3 Å². The van der Waals surface area contributed by atoms with Crippen molar-refractivity contribution in [2.24, 2.45) is 0 Å². The van der Waals surface area contributed by atoms with E-state index >= 15 is 0 Å². The topological polar surface area (TPSA) is 51.8 Å². The van der Waals surface area contributed by atoms with Crippen LogP contribution in [0.5, 0.6) is 0 Å². The number of nitrogens with zero attached hydrogens (tertiary/aromatic N) is 2. The van der Waals surface area contributed by atoms with Crippen molar-refractivity contribution in [3.05, 3.63) is 42.5 Å². The molecule has 2 heterocycles. The number of halogens is 1. The van der Waals surface area contributed by atoms with Crippen molar-refractivity contribution in [3.8, 4) is 11.3 Å². The zero-order valence-electron chi connectivity index (χ0n) is 7.31. The third-order valence-electron chi connectivity index (χ3n) is 1.77. The fraction of sp³-hybridized carbons (Fsp3) is 0. The van der Waals surface area contributed by atoms with Crippen LogP contribution in [0.15, 0.2) is 36.7 Å². The van der Waals surface area contributed by atoms with Gasteiger partial charge in [-0.25, -0.2) is 9.37 Å². The van der Waals surface area contributed by atoms with E-state index in [-0.39, 0.29) is 5.82 Å². The van der Waals surface area contributed by atoms with Gasteiger partial charge in [-0.05, 0) is 18.2 Å². The van der Waals surface area contributed by atoms with Crippen LogP contribution in [0.2, 0.25) is 0 Å². The maximum atomic E-state index is 12.8. The quantitative estimate of drug-likeness (QED) is 0.744. The molecule has 0 radical (unpaired) electrons. The van der Waals surface area contributed by atoms with E-state index in [0.717, 1.165) is 6.20 Å². The Bertz CT molecular complexity index is 413. The van der Waals surface area contributed by atoms with Gasteiger partial charge in [0.15, 0.2) is 0 Å². The summed E-state index contributed by atoms with van der Waals surface area (Å²) in [5.74, 6) is 0.0264. The minimum Gasteiger partial charge on any atom is -0.384 e. The van der Waals surface area contributed by atoms with Crippen molar-refractivity contribution in [3.63, 3.8) is 0 Å². The van der Waals surface area contributed by atoms with Crippen molar-refractivity contribution in [2.45, 2.75) is 0 Å². The summed E-state index contributed by atoms with van der Waals surface area (Å²) in [7, 11) is 0. The molecular formula is C10H8FN3. The average molecular weight is 189 g/mol. The molecule has 4 heteroatoms. The first-order chi connectivity index (χ1) is 6.75. The first kappa shape index (κ1) is 8.62. The number of hydrogen-bond acceptors (Lipinski definition) is 3. The minimum absolute atomic E-state index is 0.383. The van der Waals surface area contributed by atoms with Gasteiger partial charge in [-0.1, -0.05) is 6.07 Å². The monoisotopic (exact) mass is 189 g/mol. The van der Waals surface area contributed by atoms with Crippen LogP contribution >= 0.6 is 0 Å². The number of pyridine rings is 2. The second-order valence-corrected chi connectivity index (χ2v) is 2.84. The molecule has 0 fully saturated rings. The predicted molar refractivity (Wildman–Crippen MR) is 51.8 cm³/mol. The molecule has 0 saturated heterocycles. The predicted octanol–water partition coefficient (Wildman–Crippen LogP) is 1.86. The zero-order valence-corrected chi connectivity index (χ0v) is 7.31. The third kappa shape index (κ3) is 1.69. The van der Waals surface area contributed by atoms with Gasteiger partial charge in [-0.3, -0.25) is 4.98 Å². The van der Waals surface area contributed by atoms with Crippen LogP contribution in [0.4, 0.5) is 10.2 Å². The first-order valence-electron chi connectivity index (χ1n) is 4.09. The molecule has 2 aromatic heterocycles. The Morgan fingerprint density at radius 3 is 2.79 bits per heavy atom. The lowest BCUT2D eigenvalue weighted by atomic mass is 10.2. The molecule has 3 nitrogen and oxygen atoms in total. The van der Waals surface area contributed by atoms with E-state index in [0.29, 0.717) is 17.1 Å². The largest absolute Gasteiger partial charge is 0.384 e. The molecule has 0 bridgehead atoms. The van der Waals surface area contributed by atoms with Crippen LogP contribution in [0.3, 0.4) is 0 Å². The van der Waals surface area contributed by atoms with Crippen LogP contribution in [-0.2, 0) is 0 Å². The smallest absolute Gasteiger partial charge is 0.142 e. The Balaban J connectivity index is 2.49. The summed E-state index contributed by atoms with van der Waals surface area (Å²) in [4.78, 5) is 7.79. The lowest BCUT2D eigenvalue weighted by Crippen LogP contribution is -1.92. The Morgan fingerprint density at radius 1 is 1.21 bits per heavy atom. The molecule has 2 rings (SSSR count). The summed E-state index contributed by atoms with van der Waals surface area (Å²) < 4.78 is 12.8. The molecule has 0 saturated carbocycles. The number of hydrogen-bond donors (Lipinski definition) is 1. The molecule has 70 valence electrons. The standard InChI is InChI=1S/C10H8FN3/c11-8-4-7(5-13-6-8)9-2-1-3-10(12)14-9/h1-6H,(H2,12,14). The highest BCUT2D eigenvalue weighted by molar-refractivity contribution is 5.59. The van der Waals surface area contributed by atoms with Crippen molar-refractivity contribution in [1.29, 1.82) is 0 Å². The summed E-state index contributed by atoms with van der Waals surface area (Å²) in [6, 6.07) is 6.57. The summed E-state index contributed by atoms with van der Waals surface area (Å²) in [5.41, 5.74) is 6.75. The summed E-state index contributed by atoms with van der Waals surface area (Å²) in [6.45, 7) is 0. The Kier molecular flexibility index (Phi) is 2.10. The molecule has 0 aliphatic carbocycles. The number of anilines is 1. The van der Waals surface area contributed by atoms with Gasteiger partial charge in [0, 0.05) is 11.8 Å². The summed E-state index contributed by atoms with van der Waals surface area (Å²) in [5, 5.41) is 0. The fourth-order valence-electron chi connectivity index (χ4n) is 1.16. The maximum absolute atomic E-state index is 12.8. The molecule has 0 unspecified atom stereocenters. The number of nitrogens with two attached hydrogens (primary N) is 1. The zero-order chi connectivity index (χ0) is 9.97. The van der Waals surface area contributed by atoms with E-state index in [2.05, 4.69) is 9.97 Å². The van der Waals surface area contributed by atoms with Crippen LogP contribution in [0.1, 0.15) is 0 Å². The van der Waals surface area contributed by atoms with Crippen LogP contribution in [-0.4, -0.2) is 9.97 Å². The van der Waals surface area contributed by atoms with Gasteiger partial charge in [-0.15, -0.1) is 0 Å². The minimum atomic E-state index is -0.383. The molecule has 2 N–H and O–H groups in total. The highest BCUT2D eigenvalue weighted by Gasteiger charge is 2.00. The van der Waals surface area contributed by atoms with E-state index in [1.165, 1.54) is 6.07 Å². The first-order valence-corrected chi connectivity index (χ1v) is 4.09. The Hall–Kier alpha value is -1.97. The van der Waals surface area contributed by atoms with E-state index in [1.54, 1.807) is 24.4 Å². The second-order valence-electron chi connectivity index (χ2n) is 2.84. The number of aromatic nitrogens is 2. The van der Waals surface area contributed by atoms with Gasteiger partial charge in [0.2, 0.25) is 0 Å². The average Bonchev–Trinajstić information content (AvgIpc) is 2.18.